The molecule has 0 saturated carbocycles. The predicted molar refractivity (Wildman–Crippen MR) is 139 cm³/mol. The van der Waals surface area contributed by atoms with E-state index in [1.54, 1.807) is 22.9 Å². The zero-order valence-corrected chi connectivity index (χ0v) is 21.6. The van der Waals surface area contributed by atoms with Gasteiger partial charge in [0.15, 0.2) is 0 Å². The normalized spacial score (nSPS) is 17.4. The van der Waals surface area contributed by atoms with Crippen LogP contribution < -0.4 is 15.4 Å². The molecule has 0 radical (unpaired) electrons. The van der Waals surface area contributed by atoms with Crippen molar-refractivity contribution in [3.05, 3.63) is 75.5 Å². The molecule has 2 aromatic heterocycles. The van der Waals surface area contributed by atoms with Crippen molar-refractivity contribution in [1.82, 2.24) is 25.1 Å². The first kappa shape index (κ1) is 26.6. The van der Waals surface area contributed by atoms with Crippen LogP contribution in [0, 0.1) is 6.92 Å². The fourth-order valence-corrected chi connectivity index (χ4v) is 5.33. The van der Waals surface area contributed by atoms with Crippen molar-refractivity contribution < 1.29 is 18.0 Å². The van der Waals surface area contributed by atoms with E-state index in [2.05, 4.69) is 37.2 Å². The molecule has 0 bridgehead atoms. The van der Waals surface area contributed by atoms with Crippen molar-refractivity contribution in [3.8, 4) is 0 Å². The van der Waals surface area contributed by atoms with E-state index in [-0.39, 0.29) is 23.5 Å². The van der Waals surface area contributed by atoms with E-state index in [1.165, 1.54) is 11.1 Å². The summed E-state index contributed by atoms with van der Waals surface area (Å²) in [5.74, 6) is 0.309. The molecule has 2 aliphatic heterocycles. The molecule has 0 aliphatic carbocycles. The van der Waals surface area contributed by atoms with Gasteiger partial charge in [0.05, 0.1) is 23.5 Å². The number of nitrogens with zero attached hydrogens (tertiary/aromatic N) is 6. The van der Waals surface area contributed by atoms with Gasteiger partial charge >= 0.3 is 6.18 Å². The minimum absolute atomic E-state index is 0.0707. The Hall–Kier alpha value is -3.96. The highest BCUT2D eigenvalue weighted by atomic mass is 19.4. The fourth-order valence-electron chi connectivity index (χ4n) is 5.33. The lowest BCUT2D eigenvalue weighted by atomic mass is 9.99. The van der Waals surface area contributed by atoms with Gasteiger partial charge in [-0.3, -0.25) is 9.59 Å². The number of nitrogens with one attached hydrogen (secondary N) is 1. The summed E-state index contributed by atoms with van der Waals surface area (Å²) in [6.07, 6.45) is 1.66. The van der Waals surface area contributed by atoms with E-state index in [0.29, 0.717) is 44.7 Å². The van der Waals surface area contributed by atoms with Gasteiger partial charge in [-0.15, -0.1) is 0 Å². The van der Waals surface area contributed by atoms with Crippen LogP contribution in [0.1, 0.15) is 54.0 Å². The van der Waals surface area contributed by atoms with Crippen molar-refractivity contribution in [2.45, 2.75) is 51.4 Å². The number of H-pyrrole nitrogens is 1. The first-order valence-corrected chi connectivity index (χ1v) is 13.0. The summed E-state index contributed by atoms with van der Waals surface area (Å²) in [5, 5.41) is 6.50. The van der Waals surface area contributed by atoms with Crippen LogP contribution in [0.2, 0.25) is 0 Å². The van der Waals surface area contributed by atoms with Gasteiger partial charge in [0, 0.05) is 57.1 Å². The van der Waals surface area contributed by atoms with Crippen molar-refractivity contribution in [1.29, 1.82) is 0 Å². The second-order valence-electron chi connectivity index (χ2n) is 9.93. The summed E-state index contributed by atoms with van der Waals surface area (Å²) < 4.78 is 38.3. The fraction of sp³-hybridized carbons (Fsp3) is 0.444. The van der Waals surface area contributed by atoms with Crippen LogP contribution in [0.5, 0.6) is 0 Å². The molecule has 9 nitrogen and oxygen atoms in total. The summed E-state index contributed by atoms with van der Waals surface area (Å²) in [7, 11) is 0. The van der Waals surface area contributed by atoms with Crippen LogP contribution in [0.4, 0.5) is 24.8 Å². The van der Waals surface area contributed by atoms with Gasteiger partial charge in [0.25, 0.3) is 5.56 Å². The first-order chi connectivity index (χ1) is 18.7. The summed E-state index contributed by atoms with van der Waals surface area (Å²) in [6.45, 7) is 4.39. The van der Waals surface area contributed by atoms with Gasteiger partial charge in [-0.25, -0.2) is 15.1 Å². The number of carbonyl (C=O) groups excluding carboxylic acids is 1. The zero-order valence-electron chi connectivity index (χ0n) is 21.6. The van der Waals surface area contributed by atoms with Crippen LogP contribution in [-0.2, 0) is 17.5 Å². The highest BCUT2D eigenvalue weighted by Crippen LogP contribution is 2.40. The molecule has 1 aromatic carbocycles. The monoisotopic (exact) mass is 541 g/mol. The van der Waals surface area contributed by atoms with Gasteiger partial charge in [0.1, 0.15) is 0 Å². The molecular formula is C27H30F3N7O2. The number of amides is 1. The molecule has 1 amide bonds. The van der Waals surface area contributed by atoms with E-state index in [4.69, 9.17) is 0 Å². The minimum atomic E-state index is -4.47. The first-order valence-electron chi connectivity index (χ1n) is 13.0. The van der Waals surface area contributed by atoms with Gasteiger partial charge in [-0.05, 0) is 30.9 Å². The topological polar surface area (TPSA) is 98.3 Å². The third kappa shape index (κ3) is 5.74. The third-order valence-corrected chi connectivity index (χ3v) is 7.52. The molecular weight excluding hydrogens is 511 g/mol. The molecule has 39 heavy (non-hydrogen) atoms. The quantitative estimate of drug-likeness (QED) is 0.454. The molecule has 1 fully saturated rings. The molecule has 2 aliphatic rings. The molecule has 1 saturated heterocycles. The van der Waals surface area contributed by atoms with E-state index in [9.17, 15) is 22.8 Å². The lowest BCUT2D eigenvalue weighted by molar-refractivity contribution is -0.138. The Morgan fingerprint density at radius 3 is 2.49 bits per heavy atom. The van der Waals surface area contributed by atoms with Gasteiger partial charge in [-0.2, -0.15) is 18.3 Å². The number of hydrogen-bond acceptors (Lipinski definition) is 7. The van der Waals surface area contributed by atoms with E-state index >= 15 is 0 Å². The Balaban J connectivity index is 1.13. The van der Waals surface area contributed by atoms with E-state index in [0.717, 1.165) is 37.3 Å². The lowest BCUT2D eigenvalue weighted by Gasteiger charge is -2.35. The maximum atomic E-state index is 12.9. The van der Waals surface area contributed by atoms with E-state index in [1.807, 2.05) is 12.1 Å². The largest absolute Gasteiger partial charge is 0.419 e. The molecule has 1 atom stereocenters. The van der Waals surface area contributed by atoms with Gasteiger partial charge in [-0.1, -0.05) is 30.7 Å². The molecule has 0 spiro atoms. The van der Waals surface area contributed by atoms with Gasteiger partial charge in [0.2, 0.25) is 11.9 Å². The molecule has 5 rings (SSSR count). The molecule has 0 unspecified atom stereocenters. The number of piperazine rings is 1. The highest BCUT2D eigenvalue weighted by Gasteiger charge is 2.33. The molecule has 4 heterocycles. The number of fused-ring (bicyclic) bond motifs is 1. The SMILES string of the molecule is Cc1c(N2Cc3ccccc3[C@@H]2CCCCC(=O)N2CCN(c3ncc(C(F)(F)F)cn3)CC2)cn[nH]c1=O. The Morgan fingerprint density at radius 1 is 1.05 bits per heavy atom. The van der Waals surface area contributed by atoms with Crippen LogP contribution in [0.3, 0.4) is 0 Å². The number of carbonyl (C=O) groups is 1. The number of rotatable bonds is 7. The Morgan fingerprint density at radius 2 is 1.77 bits per heavy atom. The van der Waals surface area contributed by atoms with Crippen molar-refractivity contribution >= 4 is 17.5 Å². The number of hydrogen-bond donors (Lipinski definition) is 1. The van der Waals surface area contributed by atoms with Crippen molar-refractivity contribution in [2.24, 2.45) is 0 Å². The average Bonchev–Trinajstić information content (AvgIpc) is 3.30. The minimum Gasteiger partial charge on any atom is -0.358 e. The number of unbranched alkanes of at least 4 members (excludes halogenated alkanes) is 1. The maximum Gasteiger partial charge on any atom is 0.419 e. The Labute approximate surface area is 223 Å². The standard InChI is InChI=1S/C27H30F3N7O2/c1-18-23(16-33-34-25(18)39)37-17-19-6-2-3-7-21(19)22(37)8-4-5-9-24(38)35-10-12-36(13-11-35)26-31-14-20(15-32-26)27(28,29)30/h2-3,6-7,14-16,22H,4-5,8-13,17H2,1H3,(H,34,39)/t22-/m0/s1. The molecule has 1 N–H and O–H groups in total. The van der Waals surface area contributed by atoms with Crippen molar-refractivity contribution in [2.75, 3.05) is 36.0 Å². The second kappa shape index (κ2) is 11.0. The Kier molecular flexibility index (Phi) is 7.53. The average molecular weight is 542 g/mol. The molecule has 206 valence electrons. The second-order valence-corrected chi connectivity index (χ2v) is 9.93. The van der Waals surface area contributed by atoms with Crippen LogP contribution >= 0.6 is 0 Å². The Bertz CT molecular complexity index is 1370. The van der Waals surface area contributed by atoms with Crippen LogP contribution in [-0.4, -0.2) is 57.2 Å². The van der Waals surface area contributed by atoms with Crippen molar-refractivity contribution in [3.63, 3.8) is 0 Å². The number of aromatic nitrogens is 4. The number of anilines is 2. The number of halogens is 3. The predicted octanol–water partition coefficient (Wildman–Crippen LogP) is 3.86. The summed E-state index contributed by atoms with van der Waals surface area (Å²) in [6, 6.07) is 8.38. The smallest absolute Gasteiger partial charge is 0.358 e. The third-order valence-electron chi connectivity index (χ3n) is 7.52. The lowest BCUT2D eigenvalue weighted by Crippen LogP contribution is -2.49. The van der Waals surface area contributed by atoms with E-state index < -0.39 is 11.7 Å². The van der Waals surface area contributed by atoms with Crippen LogP contribution in [0.25, 0.3) is 0 Å². The summed E-state index contributed by atoms with van der Waals surface area (Å²) in [4.78, 5) is 38.6. The number of aromatic amines is 1. The maximum absolute atomic E-state index is 12.9. The number of alkyl halides is 3. The zero-order chi connectivity index (χ0) is 27.6. The number of benzene rings is 1. The summed E-state index contributed by atoms with van der Waals surface area (Å²) >= 11 is 0. The van der Waals surface area contributed by atoms with Crippen LogP contribution in [0.15, 0.2) is 47.7 Å². The van der Waals surface area contributed by atoms with Gasteiger partial charge < -0.3 is 14.7 Å². The highest BCUT2D eigenvalue weighted by molar-refractivity contribution is 5.76. The molecule has 3 aromatic rings. The summed E-state index contributed by atoms with van der Waals surface area (Å²) in [5.41, 5.74) is 2.86. The molecule has 12 heteroatoms.